The van der Waals surface area contributed by atoms with E-state index in [9.17, 15) is 14.0 Å². The van der Waals surface area contributed by atoms with Gasteiger partial charge in [-0.1, -0.05) is 12.1 Å². The summed E-state index contributed by atoms with van der Waals surface area (Å²) in [6, 6.07) is 4.93. The fourth-order valence-corrected chi connectivity index (χ4v) is 3.62. The lowest BCUT2D eigenvalue weighted by atomic mass is 9.97. The number of halogens is 1. The largest absolute Gasteiger partial charge is 0.352 e. The van der Waals surface area contributed by atoms with Crippen LogP contribution in [0.25, 0.3) is 0 Å². The van der Waals surface area contributed by atoms with Crippen molar-refractivity contribution >= 4 is 11.9 Å². The van der Waals surface area contributed by atoms with Gasteiger partial charge in [-0.15, -0.1) is 0 Å². The highest BCUT2D eigenvalue weighted by atomic mass is 19.1. The van der Waals surface area contributed by atoms with Crippen LogP contribution in [0.4, 0.5) is 9.18 Å². The third-order valence-corrected chi connectivity index (χ3v) is 5.13. The second-order valence-corrected chi connectivity index (χ2v) is 7.06. The van der Waals surface area contributed by atoms with Crippen molar-refractivity contribution in [3.05, 3.63) is 35.1 Å². The Bertz CT molecular complexity index is 644. The summed E-state index contributed by atoms with van der Waals surface area (Å²) < 4.78 is 13.3. The minimum absolute atomic E-state index is 0.0269. The van der Waals surface area contributed by atoms with Gasteiger partial charge in [0.05, 0.1) is 5.92 Å². The van der Waals surface area contributed by atoms with E-state index in [1.807, 2.05) is 9.80 Å². The van der Waals surface area contributed by atoms with E-state index in [0.29, 0.717) is 18.7 Å². The monoisotopic (exact) mass is 347 g/mol. The van der Waals surface area contributed by atoms with E-state index in [1.54, 1.807) is 19.1 Å². The Labute approximate surface area is 148 Å². The van der Waals surface area contributed by atoms with Gasteiger partial charge >= 0.3 is 6.03 Å². The molecular weight excluding hydrogens is 321 g/mol. The number of amides is 3. The topological polar surface area (TPSA) is 52.7 Å². The number of benzene rings is 1. The maximum absolute atomic E-state index is 13.3. The van der Waals surface area contributed by atoms with E-state index >= 15 is 0 Å². The highest BCUT2D eigenvalue weighted by Crippen LogP contribution is 2.20. The van der Waals surface area contributed by atoms with Crippen LogP contribution >= 0.6 is 0 Å². The van der Waals surface area contributed by atoms with E-state index < -0.39 is 0 Å². The molecule has 0 saturated carbocycles. The molecule has 25 heavy (non-hydrogen) atoms. The van der Waals surface area contributed by atoms with Crippen molar-refractivity contribution in [1.29, 1.82) is 0 Å². The summed E-state index contributed by atoms with van der Waals surface area (Å²) in [6.45, 7) is 4.98. The summed E-state index contributed by atoms with van der Waals surface area (Å²) in [6.07, 6.45) is 3.80. The second-order valence-electron chi connectivity index (χ2n) is 7.06. The van der Waals surface area contributed by atoms with Crippen LogP contribution in [0.5, 0.6) is 0 Å². The molecule has 2 fully saturated rings. The molecule has 0 bridgehead atoms. The van der Waals surface area contributed by atoms with E-state index in [0.717, 1.165) is 50.9 Å². The Hall–Kier alpha value is -2.11. The zero-order valence-electron chi connectivity index (χ0n) is 14.8. The quantitative estimate of drug-likeness (QED) is 0.914. The molecule has 1 aromatic rings. The highest BCUT2D eigenvalue weighted by Gasteiger charge is 2.31. The van der Waals surface area contributed by atoms with Gasteiger partial charge in [-0.25, -0.2) is 9.18 Å². The second kappa shape index (κ2) is 7.85. The molecule has 3 rings (SSSR count). The molecule has 6 heteroatoms. The Morgan fingerprint density at radius 3 is 2.60 bits per heavy atom. The lowest BCUT2D eigenvalue weighted by molar-refractivity contribution is -0.126. The molecule has 0 aromatic heterocycles. The van der Waals surface area contributed by atoms with Gasteiger partial charge in [0, 0.05) is 32.7 Å². The number of nitrogens with one attached hydrogen (secondary N) is 1. The number of hydrogen-bond donors (Lipinski definition) is 1. The van der Waals surface area contributed by atoms with E-state index in [1.165, 1.54) is 6.07 Å². The van der Waals surface area contributed by atoms with E-state index in [4.69, 9.17) is 0 Å². The molecule has 3 amide bonds. The smallest absolute Gasteiger partial charge is 0.320 e. The maximum Gasteiger partial charge on any atom is 0.320 e. The Kier molecular flexibility index (Phi) is 5.56. The molecule has 1 aromatic carbocycles. The minimum atomic E-state index is -0.238. The van der Waals surface area contributed by atoms with Crippen molar-refractivity contribution in [2.24, 2.45) is 5.92 Å². The van der Waals surface area contributed by atoms with Crippen molar-refractivity contribution in [2.75, 3.05) is 26.2 Å². The number of carbonyl (C=O) groups is 2. The molecule has 0 spiro atoms. The van der Waals surface area contributed by atoms with Crippen molar-refractivity contribution in [2.45, 2.75) is 39.2 Å². The van der Waals surface area contributed by atoms with E-state index in [-0.39, 0.29) is 23.7 Å². The molecule has 0 aliphatic carbocycles. The number of hydrogen-bond acceptors (Lipinski definition) is 2. The van der Waals surface area contributed by atoms with Crippen LogP contribution in [0, 0.1) is 18.7 Å². The van der Waals surface area contributed by atoms with E-state index in [2.05, 4.69) is 5.32 Å². The molecule has 1 N–H and O–H groups in total. The van der Waals surface area contributed by atoms with Crippen molar-refractivity contribution in [1.82, 2.24) is 15.1 Å². The van der Waals surface area contributed by atoms with Crippen LogP contribution in [-0.4, -0.2) is 47.9 Å². The van der Waals surface area contributed by atoms with Gasteiger partial charge < -0.3 is 15.1 Å². The summed E-state index contributed by atoms with van der Waals surface area (Å²) in [4.78, 5) is 28.7. The first-order chi connectivity index (χ1) is 12.0. The Morgan fingerprint density at radius 2 is 1.88 bits per heavy atom. The Morgan fingerprint density at radius 1 is 1.16 bits per heavy atom. The number of likely N-dealkylation sites (tertiary alicyclic amines) is 2. The molecule has 2 aliphatic heterocycles. The molecular formula is C19H26FN3O2. The molecule has 0 unspecified atom stereocenters. The number of carbonyl (C=O) groups excluding carboxylic acids is 2. The molecule has 0 radical (unpaired) electrons. The first kappa shape index (κ1) is 17.7. The Balaban J connectivity index is 1.52. The number of nitrogens with zero attached hydrogens (tertiary/aromatic N) is 2. The summed E-state index contributed by atoms with van der Waals surface area (Å²) >= 11 is 0. The third-order valence-electron chi connectivity index (χ3n) is 5.13. The van der Waals surface area contributed by atoms with Gasteiger partial charge in [-0.3, -0.25) is 4.79 Å². The normalized spacial score (nSPS) is 20.6. The standard InChI is InChI=1S/C19H26FN3O2/c1-14-11-15(6-7-17(14)20)12-21-18(24)16-5-4-10-23(13-16)19(25)22-8-2-3-9-22/h6-7,11,16H,2-5,8-10,12-13H2,1H3,(H,21,24)/t16-/m1/s1. The molecule has 2 aliphatic rings. The molecule has 1 atom stereocenters. The van der Waals surface area contributed by atoms with Crippen LogP contribution in [-0.2, 0) is 11.3 Å². The van der Waals surface area contributed by atoms with Crippen LogP contribution in [0.2, 0.25) is 0 Å². The predicted octanol–water partition coefficient (Wildman–Crippen LogP) is 2.68. The lowest BCUT2D eigenvalue weighted by Gasteiger charge is -2.34. The first-order valence-electron chi connectivity index (χ1n) is 9.11. The van der Waals surface area contributed by atoms with Crippen LogP contribution < -0.4 is 5.32 Å². The molecule has 2 saturated heterocycles. The highest BCUT2D eigenvalue weighted by molar-refractivity contribution is 5.81. The van der Waals surface area contributed by atoms with Gasteiger partial charge in [0.25, 0.3) is 0 Å². The predicted molar refractivity (Wildman–Crippen MR) is 93.5 cm³/mol. The minimum Gasteiger partial charge on any atom is -0.352 e. The van der Waals surface area contributed by atoms with Crippen LogP contribution in [0.1, 0.15) is 36.8 Å². The SMILES string of the molecule is Cc1cc(CNC(=O)[C@@H]2CCCN(C(=O)N3CCCC3)C2)ccc1F. The summed E-state index contributed by atoms with van der Waals surface area (Å²) in [5.41, 5.74) is 1.46. The van der Waals surface area contributed by atoms with Gasteiger partial charge in [0.15, 0.2) is 0 Å². The zero-order chi connectivity index (χ0) is 17.8. The van der Waals surface area contributed by atoms with Gasteiger partial charge in [0.2, 0.25) is 5.91 Å². The molecule has 2 heterocycles. The zero-order valence-corrected chi connectivity index (χ0v) is 14.8. The van der Waals surface area contributed by atoms with Crippen molar-refractivity contribution in [3.63, 3.8) is 0 Å². The summed E-state index contributed by atoms with van der Waals surface area (Å²) in [5, 5.41) is 2.93. The average Bonchev–Trinajstić information content (AvgIpc) is 3.16. The van der Waals surface area contributed by atoms with Crippen LogP contribution in [0.3, 0.4) is 0 Å². The summed E-state index contributed by atoms with van der Waals surface area (Å²) in [7, 11) is 0. The third kappa shape index (κ3) is 4.30. The maximum atomic E-state index is 13.3. The fraction of sp³-hybridized carbons (Fsp3) is 0.579. The number of urea groups is 1. The average molecular weight is 347 g/mol. The first-order valence-corrected chi connectivity index (χ1v) is 9.11. The van der Waals surface area contributed by atoms with Crippen molar-refractivity contribution < 1.29 is 14.0 Å². The number of rotatable bonds is 3. The number of piperidine rings is 1. The van der Waals surface area contributed by atoms with Crippen LogP contribution in [0.15, 0.2) is 18.2 Å². The van der Waals surface area contributed by atoms with Gasteiger partial charge in [-0.2, -0.15) is 0 Å². The molecule has 136 valence electrons. The van der Waals surface area contributed by atoms with Gasteiger partial charge in [-0.05, 0) is 49.8 Å². The lowest BCUT2D eigenvalue weighted by Crippen LogP contribution is -2.49. The van der Waals surface area contributed by atoms with Crippen molar-refractivity contribution in [3.8, 4) is 0 Å². The fourth-order valence-electron chi connectivity index (χ4n) is 3.62. The molecule has 5 nitrogen and oxygen atoms in total. The summed E-state index contributed by atoms with van der Waals surface area (Å²) in [5.74, 6) is -0.429. The number of aryl methyl sites for hydroxylation is 1. The van der Waals surface area contributed by atoms with Gasteiger partial charge in [0.1, 0.15) is 5.82 Å².